The zero-order chi connectivity index (χ0) is 19.6. The highest BCUT2D eigenvalue weighted by atomic mass is 35.5. The minimum Gasteiger partial charge on any atom is -0.334 e. The summed E-state index contributed by atoms with van der Waals surface area (Å²) < 4.78 is 13.9. The summed E-state index contributed by atoms with van der Waals surface area (Å²) in [4.78, 5) is 11.0. The lowest BCUT2D eigenvalue weighted by Gasteiger charge is -2.12. The smallest absolute Gasteiger partial charge is 0.332 e. The van der Waals surface area contributed by atoms with Gasteiger partial charge in [0.15, 0.2) is 5.03 Å². The molecule has 0 aliphatic rings. The van der Waals surface area contributed by atoms with Crippen LogP contribution in [0, 0.1) is 15.9 Å². The Morgan fingerprint density at radius 1 is 1.11 bits per heavy atom. The minimum absolute atomic E-state index is 0.163. The molecule has 0 aliphatic heterocycles. The molecule has 0 saturated carbocycles. The highest BCUT2D eigenvalue weighted by Crippen LogP contribution is 2.31. The van der Waals surface area contributed by atoms with Gasteiger partial charge in [0.05, 0.1) is 10.4 Å². The second-order valence-electron chi connectivity index (χ2n) is 5.15. The maximum Gasteiger partial charge on any atom is 0.332 e. The molecule has 0 atom stereocenters. The Morgan fingerprint density at radius 3 is 2.41 bits per heavy atom. The number of fused-ring (bicyclic) bond motifs is 1. The second kappa shape index (κ2) is 7.91. The first kappa shape index (κ1) is 19.1. The third-order valence-corrected chi connectivity index (χ3v) is 4.39. The molecule has 2 aromatic carbocycles. The van der Waals surface area contributed by atoms with Gasteiger partial charge in [0.25, 0.3) is 0 Å². The van der Waals surface area contributed by atoms with Crippen LogP contribution in [0.1, 0.15) is 0 Å². The summed E-state index contributed by atoms with van der Waals surface area (Å²) in [5, 5.41) is 22.0. The number of anilines is 1. The van der Waals surface area contributed by atoms with Crippen LogP contribution in [0.25, 0.3) is 16.9 Å². The molecule has 0 aliphatic carbocycles. The number of para-hydroxylation sites is 1. The van der Waals surface area contributed by atoms with Crippen molar-refractivity contribution in [3.63, 3.8) is 0 Å². The van der Waals surface area contributed by atoms with Gasteiger partial charge in [-0.3, -0.25) is 10.1 Å². The molecule has 1 heterocycles. The molecule has 0 saturated heterocycles. The topological polar surface area (TPSA) is 85.9 Å². The largest absolute Gasteiger partial charge is 0.334 e. The number of nitrogens with zero attached hydrogens (tertiary/aromatic N) is 4. The third-order valence-electron chi connectivity index (χ3n) is 3.45. The molecule has 0 spiro atoms. The summed E-state index contributed by atoms with van der Waals surface area (Å²) in [5.74, 6) is -0.627. The summed E-state index contributed by atoms with van der Waals surface area (Å²) in [6.07, 6.45) is 0. The summed E-state index contributed by atoms with van der Waals surface area (Å²) in [7, 11) is 0. The Balaban J connectivity index is 2.28. The molecule has 0 unspecified atom stereocenters. The number of aromatic nitrogens is 3. The van der Waals surface area contributed by atoms with Crippen molar-refractivity contribution in [1.82, 2.24) is 15.0 Å². The highest BCUT2D eigenvalue weighted by Gasteiger charge is 2.28. The average molecular weight is 429 g/mol. The van der Waals surface area contributed by atoms with Crippen molar-refractivity contribution < 1.29 is 9.31 Å². The third kappa shape index (κ3) is 4.02. The lowest BCUT2D eigenvalue weighted by Crippen LogP contribution is -2.16. The second-order valence-corrected chi connectivity index (χ2v) is 6.48. The Morgan fingerprint density at radius 2 is 1.78 bits per heavy atom. The predicted octanol–water partition coefficient (Wildman–Crippen LogP) is 4.97. The summed E-state index contributed by atoms with van der Waals surface area (Å²) in [5.41, 5.74) is 0.685. The Kier molecular flexibility index (Phi) is 5.59. The van der Waals surface area contributed by atoms with Crippen molar-refractivity contribution in [2.24, 2.45) is 0 Å². The van der Waals surface area contributed by atoms with Gasteiger partial charge in [-0.15, -0.1) is 5.10 Å². The van der Waals surface area contributed by atoms with Crippen LogP contribution in [0.4, 0.5) is 10.1 Å². The Labute approximate surface area is 166 Å². The van der Waals surface area contributed by atoms with Gasteiger partial charge in [-0.25, -0.2) is 4.39 Å². The van der Waals surface area contributed by atoms with Crippen LogP contribution >= 0.6 is 34.8 Å². The van der Waals surface area contributed by atoms with Crippen LogP contribution in [0.5, 0.6) is 0 Å². The van der Waals surface area contributed by atoms with Gasteiger partial charge in [0, 0.05) is 5.69 Å². The molecule has 3 aromatic rings. The van der Waals surface area contributed by atoms with Gasteiger partial charge in [0.1, 0.15) is 15.8 Å². The SMILES string of the molecule is O=[N+]([O-])C(C(Cl)=C(Cl)Cl)=C(Nc1ccc(F)cc1)n1nnc2ccccc21. The number of hydrogen-bond acceptors (Lipinski definition) is 5. The normalized spacial score (nSPS) is 11.9. The van der Waals surface area contributed by atoms with E-state index in [4.69, 9.17) is 34.8 Å². The van der Waals surface area contributed by atoms with E-state index in [2.05, 4.69) is 15.6 Å². The standard InChI is InChI=1S/C16H9Cl3FN5O2/c17-13(15(18)19)14(25(26)27)16(21-10-7-5-9(20)6-8-10)24-12-4-2-1-3-11(12)22-23-24/h1-8,21H. The summed E-state index contributed by atoms with van der Waals surface area (Å²) in [6.45, 7) is 0. The van der Waals surface area contributed by atoms with E-state index in [-0.39, 0.29) is 5.82 Å². The molecule has 0 radical (unpaired) electrons. The number of benzene rings is 2. The van der Waals surface area contributed by atoms with E-state index in [1.165, 1.54) is 28.9 Å². The molecular formula is C16H9Cl3FN5O2. The number of nitrogens with one attached hydrogen (secondary N) is 1. The van der Waals surface area contributed by atoms with E-state index in [0.717, 1.165) is 0 Å². The first-order valence-electron chi connectivity index (χ1n) is 7.31. The van der Waals surface area contributed by atoms with Gasteiger partial charge >= 0.3 is 5.70 Å². The first-order valence-corrected chi connectivity index (χ1v) is 8.45. The van der Waals surface area contributed by atoms with Crippen LogP contribution in [-0.4, -0.2) is 19.9 Å². The molecule has 27 heavy (non-hydrogen) atoms. The number of allylic oxidation sites excluding steroid dienone is 1. The van der Waals surface area contributed by atoms with Crippen molar-refractivity contribution in [2.45, 2.75) is 0 Å². The highest BCUT2D eigenvalue weighted by molar-refractivity contribution is 6.59. The van der Waals surface area contributed by atoms with Gasteiger partial charge in [0.2, 0.25) is 5.82 Å². The van der Waals surface area contributed by atoms with E-state index in [1.54, 1.807) is 24.3 Å². The molecule has 0 fully saturated rings. The van der Waals surface area contributed by atoms with Crippen LogP contribution in [0.2, 0.25) is 0 Å². The van der Waals surface area contributed by atoms with Crippen molar-refractivity contribution in [2.75, 3.05) is 5.32 Å². The lowest BCUT2D eigenvalue weighted by atomic mass is 10.3. The van der Waals surface area contributed by atoms with E-state index < -0.39 is 26.0 Å². The fourth-order valence-electron chi connectivity index (χ4n) is 2.28. The first-order chi connectivity index (χ1) is 12.9. The monoisotopic (exact) mass is 427 g/mol. The molecule has 11 heteroatoms. The molecule has 7 nitrogen and oxygen atoms in total. The van der Waals surface area contributed by atoms with Crippen molar-refractivity contribution >= 4 is 57.3 Å². The predicted molar refractivity (Wildman–Crippen MR) is 102 cm³/mol. The van der Waals surface area contributed by atoms with Crippen LogP contribution in [0.15, 0.2) is 63.8 Å². The molecular weight excluding hydrogens is 420 g/mol. The summed E-state index contributed by atoms with van der Waals surface area (Å²) in [6, 6.07) is 12.0. The number of hydrogen-bond donors (Lipinski definition) is 1. The van der Waals surface area contributed by atoms with E-state index >= 15 is 0 Å². The molecule has 138 valence electrons. The Hall–Kier alpha value is -2.68. The lowest BCUT2D eigenvalue weighted by molar-refractivity contribution is -0.419. The minimum atomic E-state index is -0.755. The molecule has 0 bridgehead atoms. The van der Waals surface area contributed by atoms with E-state index in [9.17, 15) is 14.5 Å². The Bertz CT molecular complexity index is 1080. The maximum absolute atomic E-state index is 13.2. The summed E-state index contributed by atoms with van der Waals surface area (Å²) >= 11 is 17.3. The fourth-order valence-corrected chi connectivity index (χ4v) is 2.61. The van der Waals surface area contributed by atoms with Crippen molar-refractivity contribution in [3.05, 3.63) is 79.7 Å². The number of rotatable bonds is 5. The van der Waals surface area contributed by atoms with E-state index in [1.807, 2.05) is 0 Å². The van der Waals surface area contributed by atoms with Crippen molar-refractivity contribution in [1.29, 1.82) is 0 Å². The van der Waals surface area contributed by atoms with Crippen molar-refractivity contribution in [3.8, 4) is 0 Å². The van der Waals surface area contributed by atoms with Gasteiger partial charge in [-0.1, -0.05) is 52.1 Å². The van der Waals surface area contributed by atoms with Crippen LogP contribution in [-0.2, 0) is 0 Å². The van der Waals surface area contributed by atoms with Crippen LogP contribution < -0.4 is 5.32 Å². The van der Waals surface area contributed by atoms with E-state index in [0.29, 0.717) is 16.7 Å². The zero-order valence-electron chi connectivity index (χ0n) is 13.2. The van der Waals surface area contributed by atoms with Gasteiger partial charge in [-0.2, -0.15) is 4.68 Å². The molecule has 1 N–H and O–H groups in total. The molecule has 0 amide bonds. The number of halogens is 4. The zero-order valence-corrected chi connectivity index (χ0v) is 15.5. The fraction of sp³-hybridized carbons (Fsp3) is 0. The van der Waals surface area contributed by atoms with Gasteiger partial charge < -0.3 is 5.32 Å². The average Bonchev–Trinajstić information content (AvgIpc) is 3.06. The van der Waals surface area contributed by atoms with Gasteiger partial charge in [-0.05, 0) is 36.4 Å². The number of nitro groups is 1. The quantitative estimate of drug-likeness (QED) is 0.352. The maximum atomic E-state index is 13.2. The molecule has 3 rings (SSSR count). The van der Waals surface area contributed by atoms with Crippen LogP contribution in [0.3, 0.4) is 0 Å². The molecule has 1 aromatic heterocycles.